The predicted octanol–water partition coefficient (Wildman–Crippen LogP) is 5.68. The molecule has 2 aliphatic rings. The van der Waals surface area contributed by atoms with Crippen LogP contribution in [0.2, 0.25) is 5.02 Å². The molecule has 0 radical (unpaired) electrons. The van der Waals surface area contributed by atoms with Crippen LogP contribution in [0.3, 0.4) is 0 Å². The van der Waals surface area contributed by atoms with Crippen LogP contribution in [0.4, 0.5) is 4.79 Å². The third kappa shape index (κ3) is 3.69. The van der Waals surface area contributed by atoms with Crippen LogP contribution in [0.1, 0.15) is 43.2 Å². The number of rotatable bonds is 4. The number of ether oxygens (including phenoxy) is 3. The minimum atomic E-state index is -0.599. The highest BCUT2D eigenvalue weighted by atomic mass is 35.5. The van der Waals surface area contributed by atoms with Crippen molar-refractivity contribution in [2.75, 3.05) is 26.7 Å². The van der Waals surface area contributed by atoms with Gasteiger partial charge < -0.3 is 14.2 Å². The molecule has 2 aromatic rings. The molecule has 0 spiro atoms. The first-order valence-electron chi connectivity index (χ1n) is 10.2. The fourth-order valence-corrected chi connectivity index (χ4v) is 5.09. The van der Waals surface area contributed by atoms with Gasteiger partial charge >= 0.3 is 6.16 Å². The Morgan fingerprint density at radius 2 is 1.83 bits per heavy atom. The van der Waals surface area contributed by atoms with Crippen molar-refractivity contribution in [1.82, 2.24) is 0 Å². The number of halogens is 1. The van der Waals surface area contributed by atoms with Crippen molar-refractivity contribution in [2.45, 2.75) is 38.3 Å². The highest BCUT2D eigenvalue weighted by molar-refractivity contribution is 6.30. The zero-order valence-electron chi connectivity index (χ0n) is 17.1. The third-order valence-electron chi connectivity index (χ3n) is 6.16. The topological polar surface area (TPSA) is 44.8 Å². The molecule has 0 amide bonds. The summed E-state index contributed by atoms with van der Waals surface area (Å²) in [6.45, 7) is 5.80. The van der Waals surface area contributed by atoms with Gasteiger partial charge in [0.2, 0.25) is 6.23 Å². The van der Waals surface area contributed by atoms with Crippen LogP contribution < -0.4 is 4.74 Å². The number of nitrogens with zero attached hydrogens (tertiary/aromatic N) is 1. The molecule has 2 aliphatic heterocycles. The number of likely N-dealkylation sites (tertiary alicyclic amines) is 1. The van der Waals surface area contributed by atoms with Crippen molar-refractivity contribution in [1.29, 1.82) is 0 Å². The number of hydrogen-bond acceptors (Lipinski definition) is 4. The second kappa shape index (κ2) is 7.88. The van der Waals surface area contributed by atoms with Crippen LogP contribution in [0.15, 0.2) is 42.5 Å². The van der Waals surface area contributed by atoms with E-state index in [-0.39, 0.29) is 18.1 Å². The van der Waals surface area contributed by atoms with E-state index in [1.807, 2.05) is 37.3 Å². The molecule has 2 heterocycles. The van der Waals surface area contributed by atoms with E-state index in [1.54, 1.807) is 6.92 Å². The van der Waals surface area contributed by atoms with Gasteiger partial charge in [-0.25, -0.2) is 4.79 Å². The maximum atomic E-state index is 12.0. The van der Waals surface area contributed by atoms with Gasteiger partial charge in [0.1, 0.15) is 11.5 Å². The molecule has 0 N–H and O–H groups in total. The average Bonchev–Trinajstić information content (AvgIpc) is 3.01. The number of quaternary nitrogens is 1. The molecule has 0 aromatic heterocycles. The number of carbonyl (C=O) groups excluding carboxylic acids is 1. The lowest BCUT2D eigenvalue weighted by atomic mass is 9.84. The summed E-state index contributed by atoms with van der Waals surface area (Å²) in [6.07, 6.45) is -0.148. The first kappa shape index (κ1) is 20.0. The maximum absolute atomic E-state index is 12.0. The Balaban J connectivity index is 1.74. The van der Waals surface area contributed by atoms with E-state index < -0.39 is 6.16 Å². The van der Waals surface area contributed by atoms with Crippen LogP contribution in [0, 0.1) is 0 Å². The molecule has 5 nitrogen and oxygen atoms in total. The van der Waals surface area contributed by atoms with Crippen molar-refractivity contribution in [2.24, 2.45) is 0 Å². The van der Waals surface area contributed by atoms with Crippen molar-refractivity contribution >= 4 is 17.8 Å². The Morgan fingerprint density at radius 1 is 1.14 bits per heavy atom. The van der Waals surface area contributed by atoms with Gasteiger partial charge in [0.15, 0.2) is 0 Å². The molecule has 0 bridgehead atoms. The summed E-state index contributed by atoms with van der Waals surface area (Å²) in [5, 5.41) is 0.702. The molecule has 4 rings (SSSR count). The second-order valence-electron chi connectivity index (χ2n) is 8.04. The smallest absolute Gasteiger partial charge is 0.457 e. The Bertz CT molecular complexity index is 918. The molecule has 6 heteroatoms. The molecule has 29 heavy (non-hydrogen) atoms. The average molecular weight is 417 g/mol. The molecule has 1 saturated heterocycles. The first-order valence-corrected chi connectivity index (χ1v) is 10.6. The van der Waals surface area contributed by atoms with Gasteiger partial charge in [-0.3, -0.25) is 4.48 Å². The SMILES string of the molecule is CCOC(=O)OC(CC)[N+]1(C)CC2c3ccccc3Oc3ccc(Cl)cc3C2C1. The highest BCUT2D eigenvalue weighted by Crippen LogP contribution is 2.52. The minimum Gasteiger partial charge on any atom is -0.457 e. The number of hydrogen-bond donors (Lipinski definition) is 0. The maximum Gasteiger partial charge on any atom is 0.512 e. The summed E-state index contributed by atoms with van der Waals surface area (Å²) < 4.78 is 17.7. The van der Waals surface area contributed by atoms with Crippen LogP contribution in [-0.4, -0.2) is 43.6 Å². The fourth-order valence-electron chi connectivity index (χ4n) is 4.91. The standard InChI is InChI=1S/C23H27ClNO4/c1-4-22(29-23(26)27-5-2)25(3)13-18-16-8-6-7-9-20(16)28-21-11-10-15(24)12-17(21)19(18)14-25/h6-12,18-19,22H,4-5,13-14H2,1-3H3/q+1. The van der Waals surface area contributed by atoms with E-state index in [9.17, 15) is 4.79 Å². The van der Waals surface area contributed by atoms with Crippen molar-refractivity contribution in [3.63, 3.8) is 0 Å². The first-order chi connectivity index (χ1) is 13.9. The predicted molar refractivity (Wildman–Crippen MR) is 112 cm³/mol. The summed E-state index contributed by atoms with van der Waals surface area (Å²) in [5.41, 5.74) is 2.31. The summed E-state index contributed by atoms with van der Waals surface area (Å²) in [7, 11) is 2.16. The fraction of sp³-hybridized carbons (Fsp3) is 0.435. The zero-order chi connectivity index (χ0) is 20.6. The van der Waals surface area contributed by atoms with Gasteiger partial charge in [-0.05, 0) is 31.2 Å². The molecule has 154 valence electrons. The van der Waals surface area contributed by atoms with Gasteiger partial charge in [0.25, 0.3) is 0 Å². The normalized spacial score (nSPS) is 25.7. The lowest BCUT2D eigenvalue weighted by Gasteiger charge is -2.36. The Kier molecular flexibility index (Phi) is 5.45. The zero-order valence-corrected chi connectivity index (χ0v) is 17.8. The minimum absolute atomic E-state index is 0.220. The van der Waals surface area contributed by atoms with Crippen LogP contribution in [-0.2, 0) is 9.47 Å². The number of fused-ring (bicyclic) bond motifs is 5. The Hall–Kier alpha value is -2.24. The number of likely N-dealkylation sites (N-methyl/N-ethyl adjacent to an activating group) is 1. The van der Waals surface area contributed by atoms with Crippen LogP contribution in [0.5, 0.6) is 11.5 Å². The summed E-state index contributed by atoms with van der Waals surface area (Å²) in [6, 6.07) is 14.0. The quantitative estimate of drug-likeness (QED) is 0.475. The number of para-hydroxylation sites is 1. The third-order valence-corrected chi connectivity index (χ3v) is 6.40. The summed E-state index contributed by atoms with van der Waals surface area (Å²) in [5.74, 6) is 2.20. The van der Waals surface area contributed by atoms with E-state index in [2.05, 4.69) is 19.2 Å². The van der Waals surface area contributed by atoms with Gasteiger partial charge in [-0.15, -0.1) is 0 Å². The Labute approximate surface area is 176 Å². The molecule has 4 unspecified atom stereocenters. The van der Waals surface area contributed by atoms with Crippen molar-refractivity contribution in [3.05, 3.63) is 58.6 Å². The van der Waals surface area contributed by atoms with E-state index in [1.165, 1.54) is 5.56 Å². The lowest BCUT2D eigenvalue weighted by Crippen LogP contribution is -2.52. The highest BCUT2D eigenvalue weighted by Gasteiger charge is 2.51. The molecule has 0 saturated carbocycles. The Morgan fingerprint density at radius 3 is 2.55 bits per heavy atom. The summed E-state index contributed by atoms with van der Waals surface area (Å²) >= 11 is 6.35. The second-order valence-corrected chi connectivity index (χ2v) is 8.48. The summed E-state index contributed by atoms with van der Waals surface area (Å²) in [4.78, 5) is 12.0. The van der Waals surface area contributed by atoms with E-state index in [0.717, 1.165) is 36.6 Å². The largest absolute Gasteiger partial charge is 0.512 e. The van der Waals surface area contributed by atoms with Crippen molar-refractivity contribution < 1.29 is 23.5 Å². The molecular weight excluding hydrogens is 390 g/mol. The van der Waals surface area contributed by atoms with Gasteiger partial charge in [-0.1, -0.05) is 36.7 Å². The van der Waals surface area contributed by atoms with E-state index in [4.69, 9.17) is 25.8 Å². The van der Waals surface area contributed by atoms with Gasteiger partial charge in [0, 0.05) is 34.4 Å². The number of benzene rings is 2. The molecule has 0 aliphatic carbocycles. The number of carbonyl (C=O) groups is 1. The van der Waals surface area contributed by atoms with E-state index >= 15 is 0 Å². The van der Waals surface area contributed by atoms with E-state index in [0.29, 0.717) is 16.1 Å². The van der Waals surface area contributed by atoms with Crippen LogP contribution in [0.25, 0.3) is 0 Å². The molecule has 2 aromatic carbocycles. The van der Waals surface area contributed by atoms with Crippen LogP contribution >= 0.6 is 11.6 Å². The molecule has 1 fully saturated rings. The van der Waals surface area contributed by atoms with Gasteiger partial charge in [-0.2, -0.15) is 0 Å². The van der Waals surface area contributed by atoms with Gasteiger partial charge in [0.05, 0.1) is 26.7 Å². The molecular formula is C23H27ClNO4+. The lowest BCUT2D eigenvalue weighted by molar-refractivity contribution is -0.943. The monoisotopic (exact) mass is 416 g/mol. The molecule has 4 atom stereocenters. The van der Waals surface area contributed by atoms with Crippen molar-refractivity contribution in [3.8, 4) is 11.5 Å².